The summed E-state index contributed by atoms with van der Waals surface area (Å²) in [6.07, 6.45) is 1.34. The van der Waals surface area contributed by atoms with E-state index in [1.165, 1.54) is 13.3 Å². The molecule has 34 heavy (non-hydrogen) atoms. The number of aryl methyl sites for hydroxylation is 1. The number of carbonyl (C=O) groups excluding carboxylic acids is 2. The lowest BCUT2D eigenvalue weighted by Gasteiger charge is -2.14. The van der Waals surface area contributed by atoms with Gasteiger partial charge in [0.15, 0.2) is 11.5 Å². The maximum Gasteiger partial charge on any atom is 0.329 e. The number of benzene rings is 3. The van der Waals surface area contributed by atoms with Crippen LogP contribution in [0.3, 0.4) is 0 Å². The molecule has 0 spiro atoms. The number of rotatable bonds is 7. The van der Waals surface area contributed by atoms with Gasteiger partial charge in [-0.3, -0.25) is 9.59 Å². The summed E-state index contributed by atoms with van der Waals surface area (Å²) in [6, 6.07) is 16.0. The fourth-order valence-corrected chi connectivity index (χ4v) is 3.47. The number of ether oxygens (including phenoxy) is 2. The van der Waals surface area contributed by atoms with Gasteiger partial charge in [0.2, 0.25) is 0 Å². The van der Waals surface area contributed by atoms with E-state index in [0.717, 1.165) is 16.7 Å². The Kier molecular flexibility index (Phi) is 8.51. The van der Waals surface area contributed by atoms with E-state index >= 15 is 0 Å². The number of methoxy groups -OCH3 is 1. The van der Waals surface area contributed by atoms with Crippen LogP contribution in [0.4, 0.5) is 5.69 Å². The second-order valence-corrected chi connectivity index (χ2v) is 8.13. The lowest BCUT2D eigenvalue weighted by Crippen LogP contribution is -2.32. The number of nitrogens with one attached hydrogen (secondary N) is 2. The van der Waals surface area contributed by atoms with Crippen LogP contribution >= 0.6 is 23.2 Å². The predicted molar refractivity (Wildman–Crippen MR) is 134 cm³/mol. The molecule has 0 bridgehead atoms. The molecule has 0 aliphatic rings. The number of hydrazone groups is 1. The Balaban J connectivity index is 1.64. The van der Waals surface area contributed by atoms with Gasteiger partial charge >= 0.3 is 11.8 Å². The summed E-state index contributed by atoms with van der Waals surface area (Å²) in [7, 11) is 1.48. The molecule has 0 saturated heterocycles. The largest absolute Gasteiger partial charge is 0.493 e. The highest BCUT2D eigenvalue weighted by Gasteiger charge is 2.15. The topological polar surface area (TPSA) is 89.0 Å². The highest BCUT2D eigenvalue weighted by atomic mass is 35.5. The normalized spacial score (nSPS) is 10.7. The van der Waals surface area contributed by atoms with Crippen molar-refractivity contribution in [3.05, 3.63) is 86.9 Å². The molecule has 0 unspecified atom stereocenters. The van der Waals surface area contributed by atoms with Gasteiger partial charge in [-0.15, -0.1) is 0 Å². The zero-order chi connectivity index (χ0) is 24.7. The van der Waals surface area contributed by atoms with Gasteiger partial charge in [0.25, 0.3) is 0 Å². The van der Waals surface area contributed by atoms with Crippen LogP contribution in [0.2, 0.25) is 10.0 Å². The molecule has 0 heterocycles. The molecule has 3 rings (SSSR count). The predicted octanol–water partition coefficient (Wildman–Crippen LogP) is 5.29. The van der Waals surface area contributed by atoms with E-state index in [0.29, 0.717) is 27.8 Å². The molecule has 2 N–H and O–H groups in total. The SMILES string of the molecule is COc1cc(/C=N\NC(=O)C(=O)Nc2cccc(C)c2C)cc(Cl)c1OCc1ccccc1Cl. The molecule has 3 aromatic carbocycles. The zero-order valence-electron chi connectivity index (χ0n) is 18.8. The van der Waals surface area contributed by atoms with Gasteiger partial charge in [0, 0.05) is 16.3 Å². The Morgan fingerprint density at radius 1 is 1.00 bits per heavy atom. The summed E-state index contributed by atoms with van der Waals surface area (Å²) < 4.78 is 11.2. The standard InChI is InChI=1S/C25H23Cl2N3O4/c1-15-7-6-10-21(16(15)2)29-24(31)25(32)30-28-13-17-11-20(27)23(22(12-17)33-3)34-14-18-8-4-5-9-19(18)26/h4-13H,14H2,1-3H3,(H,29,31)(H,30,32)/b28-13-. The van der Waals surface area contributed by atoms with Crippen LogP contribution in [0.5, 0.6) is 11.5 Å². The Morgan fingerprint density at radius 2 is 1.76 bits per heavy atom. The van der Waals surface area contributed by atoms with Crippen molar-refractivity contribution >= 4 is 46.9 Å². The van der Waals surface area contributed by atoms with E-state index in [4.69, 9.17) is 32.7 Å². The van der Waals surface area contributed by atoms with E-state index in [1.807, 2.05) is 38.1 Å². The number of nitrogens with zero attached hydrogens (tertiary/aromatic N) is 1. The van der Waals surface area contributed by atoms with Crippen molar-refractivity contribution in [1.82, 2.24) is 5.43 Å². The van der Waals surface area contributed by atoms with Gasteiger partial charge in [-0.1, -0.05) is 53.5 Å². The summed E-state index contributed by atoms with van der Waals surface area (Å²) in [5.41, 5.74) is 5.97. The van der Waals surface area contributed by atoms with Crippen molar-refractivity contribution < 1.29 is 19.1 Å². The van der Waals surface area contributed by atoms with Gasteiger partial charge in [0.1, 0.15) is 6.61 Å². The Morgan fingerprint density at radius 3 is 2.50 bits per heavy atom. The van der Waals surface area contributed by atoms with Gasteiger partial charge in [-0.2, -0.15) is 5.10 Å². The molecule has 2 amide bonds. The van der Waals surface area contributed by atoms with Crippen molar-refractivity contribution in [3.8, 4) is 11.5 Å². The molecule has 0 atom stereocenters. The highest BCUT2D eigenvalue weighted by Crippen LogP contribution is 2.37. The van der Waals surface area contributed by atoms with Crippen LogP contribution < -0.4 is 20.2 Å². The molecule has 0 aromatic heterocycles. The van der Waals surface area contributed by atoms with Crippen LogP contribution in [-0.2, 0) is 16.2 Å². The third kappa shape index (κ3) is 6.27. The smallest absolute Gasteiger partial charge is 0.329 e. The third-order valence-corrected chi connectivity index (χ3v) is 5.67. The summed E-state index contributed by atoms with van der Waals surface area (Å²) >= 11 is 12.5. The summed E-state index contributed by atoms with van der Waals surface area (Å²) in [4.78, 5) is 24.3. The minimum Gasteiger partial charge on any atom is -0.493 e. The molecule has 0 fully saturated rings. The fraction of sp³-hybridized carbons (Fsp3) is 0.160. The molecule has 0 aliphatic carbocycles. The maximum absolute atomic E-state index is 12.2. The minimum atomic E-state index is -0.907. The molecule has 0 radical (unpaired) electrons. The lowest BCUT2D eigenvalue weighted by molar-refractivity contribution is -0.136. The van der Waals surface area contributed by atoms with Crippen molar-refractivity contribution in [1.29, 1.82) is 0 Å². The Bertz CT molecular complexity index is 1240. The molecular weight excluding hydrogens is 477 g/mol. The van der Waals surface area contributed by atoms with Gasteiger partial charge in [0.05, 0.1) is 18.3 Å². The van der Waals surface area contributed by atoms with Gasteiger partial charge in [-0.25, -0.2) is 5.43 Å². The Labute approximate surface area is 207 Å². The van der Waals surface area contributed by atoms with Gasteiger partial charge < -0.3 is 14.8 Å². The first kappa shape index (κ1) is 25.1. The molecule has 7 nitrogen and oxygen atoms in total. The summed E-state index contributed by atoms with van der Waals surface area (Å²) in [5, 5.41) is 7.28. The second-order valence-electron chi connectivity index (χ2n) is 7.31. The van der Waals surface area contributed by atoms with E-state index < -0.39 is 11.8 Å². The monoisotopic (exact) mass is 499 g/mol. The molecular formula is C25H23Cl2N3O4. The molecule has 9 heteroatoms. The van der Waals surface area contributed by atoms with Crippen LogP contribution in [0.25, 0.3) is 0 Å². The maximum atomic E-state index is 12.2. The number of carbonyl (C=O) groups is 2. The summed E-state index contributed by atoms with van der Waals surface area (Å²) in [5.74, 6) is -1.02. The number of amides is 2. The van der Waals surface area contributed by atoms with Crippen molar-refractivity contribution in [2.75, 3.05) is 12.4 Å². The zero-order valence-corrected chi connectivity index (χ0v) is 20.3. The first-order valence-corrected chi connectivity index (χ1v) is 11.0. The van der Waals surface area contributed by atoms with Crippen molar-refractivity contribution in [2.24, 2.45) is 5.10 Å². The van der Waals surface area contributed by atoms with Crippen LogP contribution in [0.1, 0.15) is 22.3 Å². The number of halogens is 2. The number of hydrogen-bond acceptors (Lipinski definition) is 5. The second kappa shape index (κ2) is 11.5. The minimum absolute atomic E-state index is 0.203. The number of hydrogen-bond donors (Lipinski definition) is 2. The lowest BCUT2D eigenvalue weighted by atomic mass is 10.1. The average Bonchev–Trinajstić information content (AvgIpc) is 2.81. The van der Waals surface area contributed by atoms with E-state index in [2.05, 4.69) is 15.8 Å². The van der Waals surface area contributed by atoms with Gasteiger partial charge in [-0.05, 0) is 54.8 Å². The van der Waals surface area contributed by atoms with Crippen LogP contribution in [-0.4, -0.2) is 25.1 Å². The Hall–Kier alpha value is -3.55. The highest BCUT2D eigenvalue weighted by molar-refractivity contribution is 6.39. The molecule has 176 valence electrons. The molecule has 0 aliphatic heterocycles. The first-order chi connectivity index (χ1) is 16.3. The fourth-order valence-electron chi connectivity index (χ4n) is 3.00. The number of anilines is 1. The molecule has 0 saturated carbocycles. The first-order valence-electron chi connectivity index (χ1n) is 10.2. The average molecular weight is 500 g/mol. The van der Waals surface area contributed by atoms with Crippen LogP contribution in [0, 0.1) is 13.8 Å². The van der Waals surface area contributed by atoms with Crippen LogP contribution in [0.15, 0.2) is 59.7 Å². The molecule has 3 aromatic rings. The quantitative estimate of drug-likeness (QED) is 0.262. The van der Waals surface area contributed by atoms with Crippen molar-refractivity contribution in [3.63, 3.8) is 0 Å². The van der Waals surface area contributed by atoms with E-state index in [9.17, 15) is 9.59 Å². The summed E-state index contributed by atoms with van der Waals surface area (Å²) in [6.45, 7) is 3.98. The third-order valence-electron chi connectivity index (χ3n) is 5.02. The van der Waals surface area contributed by atoms with Crippen molar-refractivity contribution in [2.45, 2.75) is 20.5 Å². The van der Waals surface area contributed by atoms with E-state index in [1.54, 1.807) is 30.3 Å². The van der Waals surface area contributed by atoms with E-state index in [-0.39, 0.29) is 11.6 Å².